The summed E-state index contributed by atoms with van der Waals surface area (Å²) < 4.78 is 2.68. The van der Waals surface area contributed by atoms with Crippen LogP contribution in [0.15, 0.2) is 53.4 Å². The zero-order valence-electron chi connectivity index (χ0n) is 11.8. The Labute approximate surface area is 136 Å². The number of nitro benzene ring substituents is 1. The molecule has 0 amide bonds. The number of hydrogen-bond acceptors (Lipinski definition) is 7. The molecule has 0 heterocycles. The predicted molar refractivity (Wildman–Crippen MR) is 82.7 cm³/mol. The van der Waals surface area contributed by atoms with Crippen LogP contribution in [0.5, 0.6) is 5.75 Å². The number of aliphatic carboxylic acids is 1. The van der Waals surface area contributed by atoms with E-state index in [9.17, 15) is 25.1 Å². The van der Waals surface area contributed by atoms with E-state index in [2.05, 4.69) is 4.72 Å². The van der Waals surface area contributed by atoms with Gasteiger partial charge in [0, 0.05) is 6.07 Å². The van der Waals surface area contributed by atoms with Crippen molar-refractivity contribution in [2.45, 2.75) is 17.4 Å². The van der Waals surface area contributed by atoms with E-state index in [1.807, 2.05) is 0 Å². The standard InChI is InChI=1S/C15H14N2O5S/c18-11-7-5-10(6-8-11)9-12(15(19)20)16-23-14-4-2-1-3-13(14)17(21)22/h1-8,12,16,18H,9H2,(H,19,20)/p-1/t12-/m0/s1. The van der Waals surface area contributed by atoms with Gasteiger partial charge in [-0.05, 0) is 42.1 Å². The Morgan fingerprint density at radius 2 is 1.87 bits per heavy atom. The number of carboxylic acids is 1. The summed E-state index contributed by atoms with van der Waals surface area (Å²) >= 11 is 0.872. The van der Waals surface area contributed by atoms with Gasteiger partial charge >= 0.3 is 0 Å². The zero-order chi connectivity index (χ0) is 16.8. The lowest BCUT2D eigenvalue weighted by molar-refractivity contribution is -0.387. The van der Waals surface area contributed by atoms with Crippen LogP contribution in [-0.4, -0.2) is 22.0 Å². The Kier molecular flexibility index (Phi) is 5.56. The molecule has 2 aromatic carbocycles. The van der Waals surface area contributed by atoms with Crippen molar-refractivity contribution in [3.05, 3.63) is 64.2 Å². The molecule has 8 heteroatoms. The number of aromatic hydroxyl groups is 1. The molecule has 120 valence electrons. The van der Waals surface area contributed by atoms with E-state index in [0.29, 0.717) is 10.5 Å². The number of phenols is 1. The van der Waals surface area contributed by atoms with Gasteiger partial charge in [0.15, 0.2) is 0 Å². The molecule has 23 heavy (non-hydrogen) atoms. The van der Waals surface area contributed by atoms with E-state index in [4.69, 9.17) is 0 Å². The number of para-hydroxylation sites is 1. The maximum atomic E-state index is 11.2. The second-order valence-electron chi connectivity index (χ2n) is 4.69. The lowest BCUT2D eigenvalue weighted by atomic mass is 10.1. The van der Waals surface area contributed by atoms with Crippen molar-refractivity contribution in [2.24, 2.45) is 0 Å². The Morgan fingerprint density at radius 1 is 1.22 bits per heavy atom. The summed E-state index contributed by atoms with van der Waals surface area (Å²) in [4.78, 5) is 22.0. The molecule has 2 aromatic rings. The van der Waals surface area contributed by atoms with Gasteiger partial charge in [-0.15, -0.1) is 0 Å². The fourth-order valence-corrected chi connectivity index (χ4v) is 2.71. The SMILES string of the molecule is O=C([O-])[C@H](Cc1ccc(O)cc1)NSc1ccccc1[N+](=O)[O-]. The number of carbonyl (C=O) groups excluding carboxylic acids is 1. The van der Waals surface area contributed by atoms with E-state index in [1.54, 1.807) is 18.2 Å². The smallest absolute Gasteiger partial charge is 0.284 e. The summed E-state index contributed by atoms with van der Waals surface area (Å²) in [5.41, 5.74) is 0.583. The van der Waals surface area contributed by atoms with Gasteiger partial charge < -0.3 is 15.0 Å². The Morgan fingerprint density at radius 3 is 2.48 bits per heavy atom. The van der Waals surface area contributed by atoms with Gasteiger partial charge in [-0.2, -0.15) is 0 Å². The van der Waals surface area contributed by atoms with Crippen LogP contribution in [0.25, 0.3) is 0 Å². The van der Waals surface area contributed by atoms with Gasteiger partial charge in [-0.1, -0.05) is 24.3 Å². The molecule has 1 atom stereocenters. The molecule has 2 rings (SSSR count). The first-order valence-electron chi connectivity index (χ1n) is 6.62. The van der Waals surface area contributed by atoms with Crippen molar-refractivity contribution in [2.75, 3.05) is 0 Å². The summed E-state index contributed by atoms with van der Waals surface area (Å²) in [5.74, 6) is -1.23. The topological polar surface area (TPSA) is 116 Å². The average molecular weight is 333 g/mol. The summed E-state index contributed by atoms with van der Waals surface area (Å²) in [5, 5.41) is 31.4. The molecule has 0 bridgehead atoms. The number of carbonyl (C=O) groups is 1. The van der Waals surface area contributed by atoms with Gasteiger partial charge in [-0.25, -0.2) is 0 Å². The van der Waals surface area contributed by atoms with Crippen LogP contribution in [0, 0.1) is 10.1 Å². The van der Waals surface area contributed by atoms with Crippen LogP contribution < -0.4 is 9.83 Å². The maximum absolute atomic E-state index is 11.2. The zero-order valence-corrected chi connectivity index (χ0v) is 12.7. The van der Waals surface area contributed by atoms with Crippen molar-refractivity contribution in [3.63, 3.8) is 0 Å². The number of nitro groups is 1. The average Bonchev–Trinajstić information content (AvgIpc) is 2.53. The first kappa shape index (κ1) is 16.8. The Hall–Kier alpha value is -2.58. The van der Waals surface area contributed by atoms with E-state index < -0.39 is 16.9 Å². The van der Waals surface area contributed by atoms with E-state index in [-0.39, 0.29) is 17.9 Å². The molecule has 0 aromatic heterocycles. The van der Waals surface area contributed by atoms with Gasteiger partial charge in [-0.3, -0.25) is 14.8 Å². The van der Waals surface area contributed by atoms with Gasteiger partial charge in [0.2, 0.25) is 0 Å². The van der Waals surface area contributed by atoms with Crippen LogP contribution in [0.4, 0.5) is 5.69 Å². The third-order valence-corrected chi connectivity index (χ3v) is 4.00. The van der Waals surface area contributed by atoms with Crippen molar-refractivity contribution in [1.29, 1.82) is 0 Å². The molecular weight excluding hydrogens is 320 g/mol. The molecule has 0 aliphatic rings. The highest BCUT2D eigenvalue weighted by molar-refractivity contribution is 7.97. The van der Waals surface area contributed by atoms with Crippen molar-refractivity contribution in [3.8, 4) is 5.75 Å². The first-order chi connectivity index (χ1) is 11.0. The number of nitrogens with one attached hydrogen (secondary N) is 1. The van der Waals surface area contributed by atoms with Crippen molar-refractivity contribution < 1.29 is 19.9 Å². The highest BCUT2D eigenvalue weighted by Gasteiger charge is 2.16. The predicted octanol–water partition coefficient (Wildman–Crippen LogP) is 1.26. The largest absolute Gasteiger partial charge is 0.548 e. The summed E-state index contributed by atoms with van der Waals surface area (Å²) in [7, 11) is 0. The molecule has 0 spiro atoms. The Bertz CT molecular complexity index is 705. The number of carboxylic acid groups (broad SMARTS) is 1. The van der Waals surface area contributed by atoms with Crippen molar-refractivity contribution in [1.82, 2.24) is 4.72 Å². The monoisotopic (exact) mass is 333 g/mol. The normalized spacial score (nSPS) is 11.8. The quantitative estimate of drug-likeness (QED) is 0.445. The third kappa shape index (κ3) is 4.70. The third-order valence-electron chi connectivity index (χ3n) is 3.03. The fraction of sp³-hybridized carbons (Fsp3) is 0.133. The van der Waals surface area contributed by atoms with E-state index >= 15 is 0 Å². The highest BCUT2D eigenvalue weighted by Crippen LogP contribution is 2.27. The number of benzene rings is 2. The van der Waals surface area contributed by atoms with Crippen LogP contribution >= 0.6 is 11.9 Å². The molecule has 0 aliphatic heterocycles. The summed E-state index contributed by atoms with van der Waals surface area (Å²) in [6.45, 7) is 0. The molecule has 0 fully saturated rings. The fourth-order valence-electron chi connectivity index (χ4n) is 1.87. The number of phenolic OH excluding ortho intramolecular Hbond substituents is 1. The van der Waals surface area contributed by atoms with Gasteiger partial charge in [0.1, 0.15) is 10.6 Å². The lowest BCUT2D eigenvalue weighted by Gasteiger charge is -2.19. The second kappa shape index (κ2) is 7.61. The Balaban J connectivity index is 2.07. The second-order valence-corrected chi connectivity index (χ2v) is 5.57. The van der Waals surface area contributed by atoms with Crippen molar-refractivity contribution >= 4 is 23.6 Å². The molecular formula is C15H13N2O5S-. The van der Waals surface area contributed by atoms with E-state index in [1.165, 1.54) is 30.3 Å². The van der Waals surface area contributed by atoms with Gasteiger partial charge in [0.05, 0.1) is 16.9 Å². The molecule has 0 radical (unpaired) electrons. The molecule has 7 nitrogen and oxygen atoms in total. The molecule has 0 saturated heterocycles. The highest BCUT2D eigenvalue weighted by atomic mass is 32.2. The number of nitrogens with zero attached hydrogens (tertiary/aromatic N) is 1. The number of hydrogen-bond donors (Lipinski definition) is 2. The minimum atomic E-state index is -1.32. The summed E-state index contributed by atoms with van der Waals surface area (Å²) in [6, 6.07) is 11.1. The first-order valence-corrected chi connectivity index (χ1v) is 7.43. The minimum Gasteiger partial charge on any atom is -0.548 e. The number of rotatable bonds is 7. The van der Waals surface area contributed by atoms with Gasteiger partial charge in [0.25, 0.3) is 5.69 Å². The van der Waals surface area contributed by atoms with Crippen LogP contribution in [0.2, 0.25) is 0 Å². The lowest BCUT2D eigenvalue weighted by Crippen LogP contribution is -2.44. The summed E-state index contributed by atoms with van der Waals surface area (Å²) in [6.07, 6.45) is 0.121. The van der Waals surface area contributed by atoms with E-state index in [0.717, 1.165) is 11.9 Å². The molecule has 0 saturated carbocycles. The van der Waals surface area contributed by atoms with Crippen LogP contribution in [0.1, 0.15) is 5.56 Å². The maximum Gasteiger partial charge on any atom is 0.284 e. The minimum absolute atomic E-state index is 0.0843. The molecule has 2 N–H and O–H groups in total. The van der Waals surface area contributed by atoms with Crippen LogP contribution in [-0.2, 0) is 11.2 Å². The molecule has 0 aliphatic carbocycles. The van der Waals surface area contributed by atoms with Crippen LogP contribution in [0.3, 0.4) is 0 Å². The molecule has 0 unspecified atom stereocenters.